The molecule has 0 saturated carbocycles. The third-order valence-corrected chi connectivity index (χ3v) is 4.53. The zero-order valence-electron chi connectivity index (χ0n) is 13.6. The van der Waals surface area contributed by atoms with Crippen LogP contribution < -0.4 is 0 Å². The molecule has 0 spiro atoms. The lowest BCUT2D eigenvalue weighted by molar-refractivity contribution is -0.132. The lowest BCUT2D eigenvalue weighted by Crippen LogP contribution is -2.32. The number of benzene rings is 1. The summed E-state index contributed by atoms with van der Waals surface area (Å²) in [5.41, 5.74) is 2.84. The van der Waals surface area contributed by atoms with Crippen molar-refractivity contribution in [2.45, 2.75) is 25.8 Å². The molecular formula is C17H21BrClN3O. The largest absolute Gasteiger partial charge is 0.347 e. The van der Waals surface area contributed by atoms with Crippen molar-refractivity contribution in [2.75, 3.05) is 19.4 Å². The van der Waals surface area contributed by atoms with Gasteiger partial charge in [0, 0.05) is 31.2 Å². The van der Waals surface area contributed by atoms with E-state index < -0.39 is 0 Å². The third-order valence-electron chi connectivity index (χ3n) is 3.75. The summed E-state index contributed by atoms with van der Waals surface area (Å²) in [6.45, 7) is 2.08. The van der Waals surface area contributed by atoms with E-state index in [2.05, 4.69) is 22.9 Å². The van der Waals surface area contributed by atoms with Gasteiger partial charge >= 0.3 is 0 Å². The number of rotatable bonds is 6. The monoisotopic (exact) mass is 397 g/mol. The van der Waals surface area contributed by atoms with Crippen LogP contribution in [0.15, 0.2) is 30.5 Å². The molecule has 0 aliphatic rings. The number of carbonyl (C=O) groups excluding carboxylic acids is 1. The summed E-state index contributed by atoms with van der Waals surface area (Å²) in [4.78, 5) is 14.1. The summed E-state index contributed by atoms with van der Waals surface area (Å²) in [5.74, 6) is 0.0420. The van der Waals surface area contributed by atoms with Crippen LogP contribution >= 0.6 is 27.5 Å². The zero-order chi connectivity index (χ0) is 17.0. The lowest BCUT2D eigenvalue weighted by Gasteiger charge is -2.20. The SMILES string of the molecule is CCc1cn(C(CCBr)C(=O)N(C)C)nc1-c1ccccc1Cl. The first-order valence-corrected chi connectivity index (χ1v) is 9.09. The molecule has 1 aromatic carbocycles. The van der Waals surface area contributed by atoms with Crippen LogP contribution in [0, 0.1) is 0 Å². The van der Waals surface area contributed by atoms with Crippen molar-refractivity contribution >= 4 is 33.4 Å². The van der Waals surface area contributed by atoms with E-state index in [1.54, 1.807) is 23.7 Å². The molecule has 23 heavy (non-hydrogen) atoms. The smallest absolute Gasteiger partial charge is 0.246 e. The summed E-state index contributed by atoms with van der Waals surface area (Å²) in [5, 5.41) is 6.10. The second-order valence-corrected chi connectivity index (χ2v) is 6.74. The van der Waals surface area contributed by atoms with E-state index in [4.69, 9.17) is 16.7 Å². The van der Waals surface area contributed by atoms with E-state index in [1.165, 1.54) is 0 Å². The third kappa shape index (κ3) is 3.96. The minimum Gasteiger partial charge on any atom is -0.347 e. The Bertz CT molecular complexity index is 684. The van der Waals surface area contributed by atoms with Gasteiger partial charge < -0.3 is 4.90 Å². The van der Waals surface area contributed by atoms with Crippen LogP contribution in [0.4, 0.5) is 0 Å². The number of hydrogen-bond donors (Lipinski definition) is 0. The van der Waals surface area contributed by atoms with Crippen LogP contribution in [0.25, 0.3) is 11.3 Å². The maximum atomic E-state index is 12.5. The summed E-state index contributed by atoms with van der Waals surface area (Å²) in [6.07, 6.45) is 3.48. The van der Waals surface area contributed by atoms with Crippen molar-refractivity contribution in [3.63, 3.8) is 0 Å². The van der Waals surface area contributed by atoms with Gasteiger partial charge in [-0.05, 0) is 24.5 Å². The molecule has 0 fully saturated rings. The number of aromatic nitrogens is 2. The molecule has 1 unspecified atom stereocenters. The van der Waals surface area contributed by atoms with Gasteiger partial charge in [-0.1, -0.05) is 52.7 Å². The normalized spacial score (nSPS) is 12.2. The number of hydrogen-bond acceptors (Lipinski definition) is 2. The average Bonchev–Trinajstić information content (AvgIpc) is 2.96. The Morgan fingerprint density at radius 3 is 2.65 bits per heavy atom. The molecule has 6 heteroatoms. The van der Waals surface area contributed by atoms with Gasteiger partial charge in [-0.25, -0.2) is 0 Å². The van der Waals surface area contributed by atoms with E-state index in [-0.39, 0.29) is 11.9 Å². The Balaban J connectivity index is 2.49. The molecule has 0 bridgehead atoms. The Morgan fingerprint density at radius 1 is 1.39 bits per heavy atom. The highest BCUT2D eigenvalue weighted by atomic mass is 79.9. The fourth-order valence-electron chi connectivity index (χ4n) is 2.50. The van der Waals surface area contributed by atoms with E-state index >= 15 is 0 Å². The van der Waals surface area contributed by atoms with E-state index in [0.717, 1.165) is 28.6 Å². The van der Waals surface area contributed by atoms with Crippen LogP contribution in [0.1, 0.15) is 24.9 Å². The molecule has 0 radical (unpaired) electrons. The van der Waals surface area contributed by atoms with Crippen LogP contribution in [0.3, 0.4) is 0 Å². The van der Waals surface area contributed by atoms with Gasteiger partial charge in [-0.15, -0.1) is 0 Å². The number of amides is 1. The Morgan fingerprint density at radius 2 is 2.09 bits per heavy atom. The van der Waals surface area contributed by atoms with Gasteiger partial charge in [-0.2, -0.15) is 5.10 Å². The zero-order valence-corrected chi connectivity index (χ0v) is 15.9. The average molecular weight is 399 g/mol. The Hall–Kier alpha value is -1.33. The maximum absolute atomic E-state index is 12.5. The van der Waals surface area contributed by atoms with Crippen molar-refractivity contribution in [3.05, 3.63) is 41.0 Å². The Kier molecular flexibility index (Phi) is 6.25. The molecule has 1 atom stereocenters. The van der Waals surface area contributed by atoms with E-state index in [9.17, 15) is 4.79 Å². The number of alkyl halides is 1. The van der Waals surface area contributed by atoms with Crippen LogP contribution in [0.5, 0.6) is 0 Å². The Labute approximate surface area is 150 Å². The molecule has 124 valence electrons. The van der Waals surface area contributed by atoms with E-state index in [1.807, 2.05) is 30.5 Å². The quantitative estimate of drug-likeness (QED) is 0.685. The maximum Gasteiger partial charge on any atom is 0.246 e. The van der Waals surface area contributed by atoms with Crippen molar-refractivity contribution in [1.29, 1.82) is 0 Å². The van der Waals surface area contributed by atoms with Crippen LogP contribution in [-0.4, -0.2) is 40.0 Å². The predicted octanol–water partition coefficient (Wildman–Crippen LogP) is 4.18. The van der Waals surface area contributed by atoms with Crippen molar-refractivity contribution < 1.29 is 4.79 Å². The molecule has 2 rings (SSSR count). The molecule has 1 aromatic heterocycles. The molecule has 0 aliphatic carbocycles. The highest BCUT2D eigenvalue weighted by Gasteiger charge is 2.24. The number of carbonyl (C=O) groups is 1. The second-order valence-electron chi connectivity index (χ2n) is 5.54. The molecule has 2 aromatic rings. The predicted molar refractivity (Wildman–Crippen MR) is 98.2 cm³/mol. The number of halogens is 2. The molecule has 0 aliphatic heterocycles. The number of nitrogens with zero attached hydrogens (tertiary/aromatic N) is 3. The highest BCUT2D eigenvalue weighted by molar-refractivity contribution is 9.09. The minimum atomic E-state index is -0.314. The van der Waals surface area contributed by atoms with Gasteiger partial charge in [0.1, 0.15) is 6.04 Å². The molecule has 1 amide bonds. The van der Waals surface area contributed by atoms with Gasteiger partial charge in [0.05, 0.1) is 10.7 Å². The van der Waals surface area contributed by atoms with Crippen LogP contribution in [0.2, 0.25) is 5.02 Å². The first-order valence-electron chi connectivity index (χ1n) is 7.59. The molecule has 1 heterocycles. The number of aryl methyl sites for hydroxylation is 1. The summed E-state index contributed by atoms with van der Waals surface area (Å²) in [7, 11) is 3.53. The van der Waals surface area contributed by atoms with Gasteiger partial charge in [0.15, 0.2) is 0 Å². The fraction of sp³-hybridized carbons (Fsp3) is 0.412. The standard InChI is InChI=1S/C17H21BrClN3O/c1-4-12-11-22(15(9-10-18)17(23)21(2)3)20-16(12)13-7-5-6-8-14(13)19/h5-8,11,15H,4,9-10H2,1-3H3. The van der Waals surface area contributed by atoms with Crippen molar-refractivity contribution in [2.24, 2.45) is 0 Å². The molecular weight excluding hydrogens is 378 g/mol. The lowest BCUT2D eigenvalue weighted by atomic mass is 10.1. The fourth-order valence-corrected chi connectivity index (χ4v) is 3.16. The first kappa shape index (κ1) is 18.0. The summed E-state index contributed by atoms with van der Waals surface area (Å²) in [6, 6.07) is 7.35. The topological polar surface area (TPSA) is 38.1 Å². The van der Waals surface area contributed by atoms with E-state index in [0.29, 0.717) is 11.4 Å². The highest BCUT2D eigenvalue weighted by Crippen LogP contribution is 2.30. The van der Waals surface area contributed by atoms with Crippen molar-refractivity contribution in [1.82, 2.24) is 14.7 Å². The minimum absolute atomic E-state index is 0.0420. The molecule has 0 N–H and O–H groups in total. The van der Waals surface area contributed by atoms with Gasteiger partial charge in [0.2, 0.25) is 5.91 Å². The second kappa shape index (κ2) is 7.97. The summed E-state index contributed by atoms with van der Waals surface area (Å²) >= 11 is 9.75. The molecule has 0 saturated heterocycles. The first-order chi connectivity index (χ1) is 11.0. The molecule has 4 nitrogen and oxygen atoms in total. The van der Waals surface area contributed by atoms with Crippen molar-refractivity contribution in [3.8, 4) is 11.3 Å². The summed E-state index contributed by atoms with van der Waals surface area (Å²) < 4.78 is 1.78. The van der Waals surface area contributed by atoms with Gasteiger partial charge in [0.25, 0.3) is 0 Å². The van der Waals surface area contributed by atoms with Crippen LogP contribution in [-0.2, 0) is 11.2 Å². The van der Waals surface area contributed by atoms with Gasteiger partial charge in [-0.3, -0.25) is 9.48 Å². The number of likely N-dealkylation sites (N-methyl/N-ethyl adjacent to an activating group) is 1.